The Morgan fingerprint density at radius 1 is 0.929 bits per heavy atom. The summed E-state index contributed by atoms with van der Waals surface area (Å²) in [7, 11) is 0. The van der Waals surface area contributed by atoms with Gasteiger partial charge in [-0.25, -0.2) is 4.79 Å². The van der Waals surface area contributed by atoms with Gasteiger partial charge in [0.2, 0.25) is 5.91 Å². The molecule has 4 aromatic carbocycles. The van der Waals surface area contributed by atoms with Gasteiger partial charge in [0.1, 0.15) is 0 Å². The molecule has 1 amide bonds. The Morgan fingerprint density at radius 2 is 1.67 bits per heavy atom. The van der Waals surface area contributed by atoms with Gasteiger partial charge in [-0.05, 0) is 113 Å². The highest BCUT2D eigenvalue weighted by Gasteiger charge is 2.25. The van der Waals surface area contributed by atoms with E-state index in [1.54, 1.807) is 24.3 Å². The SMILES string of the molecule is Cc1cc(Cl)ccc1-c1ccc(NC(=O)[C@H](Cc2ccc(C(=O)O)cc2)c2cccc(C3=CCC(C)(C)CC3)c2)cc1. The summed E-state index contributed by atoms with van der Waals surface area (Å²) >= 11 is 6.13. The molecule has 0 heterocycles. The van der Waals surface area contributed by atoms with Crippen LogP contribution in [0.2, 0.25) is 5.02 Å². The molecule has 5 rings (SSSR count). The highest BCUT2D eigenvalue weighted by molar-refractivity contribution is 6.30. The van der Waals surface area contributed by atoms with Crippen LogP contribution >= 0.6 is 11.6 Å². The van der Waals surface area contributed by atoms with Crippen molar-refractivity contribution in [3.8, 4) is 11.1 Å². The van der Waals surface area contributed by atoms with E-state index in [1.165, 1.54) is 5.57 Å². The third-order valence-electron chi connectivity index (χ3n) is 8.24. The second kappa shape index (κ2) is 12.4. The first-order valence-corrected chi connectivity index (χ1v) is 14.7. The van der Waals surface area contributed by atoms with Crippen molar-refractivity contribution in [1.82, 2.24) is 0 Å². The van der Waals surface area contributed by atoms with Gasteiger partial charge in [0.05, 0.1) is 11.5 Å². The number of amides is 1. The van der Waals surface area contributed by atoms with Crippen molar-refractivity contribution in [3.05, 3.63) is 130 Å². The molecule has 4 aromatic rings. The molecule has 42 heavy (non-hydrogen) atoms. The Kier molecular flexibility index (Phi) is 8.65. The lowest BCUT2D eigenvalue weighted by Gasteiger charge is -2.29. The average Bonchev–Trinajstić information content (AvgIpc) is 2.97. The first-order valence-electron chi connectivity index (χ1n) is 14.4. The number of aryl methyl sites for hydroxylation is 1. The molecule has 0 radical (unpaired) electrons. The molecule has 5 heteroatoms. The second-order valence-electron chi connectivity index (χ2n) is 12.0. The van der Waals surface area contributed by atoms with E-state index in [0.717, 1.165) is 58.3 Å². The predicted molar refractivity (Wildman–Crippen MR) is 172 cm³/mol. The summed E-state index contributed by atoms with van der Waals surface area (Å²) < 4.78 is 0. The van der Waals surface area contributed by atoms with Crippen LogP contribution in [0.3, 0.4) is 0 Å². The van der Waals surface area contributed by atoms with Crippen LogP contribution in [0.4, 0.5) is 5.69 Å². The van der Waals surface area contributed by atoms with Gasteiger partial charge in [-0.1, -0.05) is 86.1 Å². The number of nitrogens with one attached hydrogen (secondary N) is 1. The van der Waals surface area contributed by atoms with Gasteiger partial charge in [-0.15, -0.1) is 0 Å². The fraction of sp³-hybridized carbons (Fsp3) is 0.243. The zero-order valence-corrected chi connectivity index (χ0v) is 25.0. The van der Waals surface area contributed by atoms with Crippen molar-refractivity contribution >= 4 is 34.7 Å². The topological polar surface area (TPSA) is 66.4 Å². The Bertz CT molecular complexity index is 1630. The van der Waals surface area contributed by atoms with E-state index in [9.17, 15) is 14.7 Å². The maximum atomic E-state index is 13.9. The van der Waals surface area contributed by atoms with Crippen molar-refractivity contribution in [3.63, 3.8) is 0 Å². The van der Waals surface area contributed by atoms with Gasteiger partial charge in [0.25, 0.3) is 0 Å². The minimum absolute atomic E-state index is 0.108. The zero-order valence-electron chi connectivity index (χ0n) is 24.3. The maximum Gasteiger partial charge on any atom is 0.335 e. The smallest absolute Gasteiger partial charge is 0.335 e. The van der Waals surface area contributed by atoms with E-state index in [-0.39, 0.29) is 11.5 Å². The van der Waals surface area contributed by atoms with E-state index in [4.69, 9.17) is 11.6 Å². The molecule has 2 N–H and O–H groups in total. The van der Waals surface area contributed by atoms with Crippen molar-refractivity contribution in [2.45, 2.75) is 52.4 Å². The molecule has 4 nitrogen and oxygen atoms in total. The number of carboxylic acids is 1. The highest BCUT2D eigenvalue weighted by atomic mass is 35.5. The number of allylic oxidation sites excluding steroid dienone is 2. The normalized spacial score (nSPS) is 15.0. The standard InChI is InChI=1S/C37H36ClNO3/c1-24-21-31(38)13-16-33(24)27-11-14-32(15-12-27)39-35(40)34(22-25-7-9-28(10-8-25)36(41)42)30-6-4-5-29(23-30)26-17-19-37(2,3)20-18-26/h4-17,21,23,34H,18-20,22H2,1-3H3,(H,39,40)(H,41,42)/t34-/m1/s1. The number of benzene rings is 4. The summed E-state index contributed by atoms with van der Waals surface area (Å²) in [5.41, 5.74) is 8.81. The zero-order chi connectivity index (χ0) is 29.9. The number of aromatic carboxylic acids is 1. The number of carboxylic acid groups (broad SMARTS) is 1. The van der Waals surface area contributed by atoms with E-state index in [2.05, 4.69) is 37.4 Å². The van der Waals surface area contributed by atoms with Gasteiger partial charge in [-0.2, -0.15) is 0 Å². The van der Waals surface area contributed by atoms with Gasteiger partial charge in [0.15, 0.2) is 0 Å². The third kappa shape index (κ3) is 7.00. The van der Waals surface area contributed by atoms with Crippen LogP contribution < -0.4 is 5.32 Å². The number of hydrogen-bond donors (Lipinski definition) is 2. The maximum absolute atomic E-state index is 13.9. The molecular formula is C37H36ClNO3. The van der Waals surface area contributed by atoms with E-state index < -0.39 is 11.9 Å². The number of anilines is 1. The Labute approximate surface area is 253 Å². The van der Waals surface area contributed by atoms with Crippen LogP contribution in [0.1, 0.15) is 71.6 Å². The van der Waals surface area contributed by atoms with E-state index in [1.807, 2.05) is 61.5 Å². The lowest BCUT2D eigenvalue weighted by atomic mass is 9.76. The van der Waals surface area contributed by atoms with Crippen LogP contribution in [0.25, 0.3) is 16.7 Å². The minimum atomic E-state index is -0.968. The average molecular weight is 578 g/mol. The summed E-state index contributed by atoms with van der Waals surface area (Å²) in [4.78, 5) is 25.2. The van der Waals surface area contributed by atoms with Gasteiger partial charge in [-0.3, -0.25) is 4.79 Å². The van der Waals surface area contributed by atoms with Crippen LogP contribution in [0.15, 0.2) is 97.1 Å². The molecule has 0 saturated carbocycles. The molecular weight excluding hydrogens is 542 g/mol. The molecule has 0 saturated heterocycles. The lowest BCUT2D eigenvalue weighted by molar-refractivity contribution is -0.117. The minimum Gasteiger partial charge on any atom is -0.478 e. The number of carbonyl (C=O) groups excluding carboxylic acids is 1. The largest absolute Gasteiger partial charge is 0.478 e. The predicted octanol–water partition coefficient (Wildman–Crippen LogP) is 9.57. The molecule has 0 unspecified atom stereocenters. The molecule has 1 aliphatic rings. The fourth-order valence-electron chi connectivity index (χ4n) is 5.59. The Morgan fingerprint density at radius 3 is 2.31 bits per heavy atom. The molecule has 0 aromatic heterocycles. The van der Waals surface area contributed by atoms with Crippen LogP contribution in [-0.2, 0) is 11.2 Å². The van der Waals surface area contributed by atoms with Crippen molar-refractivity contribution < 1.29 is 14.7 Å². The first kappa shape index (κ1) is 29.3. The number of hydrogen-bond acceptors (Lipinski definition) is 2. The van der Waals surface area contributed by atoms with E-state index in [0.29, 0.717) is 16.9 Å². The molecule has 214 valence electrons. The quantitative estimate of drug-likeness (QED) is 0.219. The van der Waals surface area contributed by atoms with Crippen molar-refractivity contribution in [2.24, 2.45) is 5.41 Å². The number of carbonyl (C=O) groups is 2. The summed E-state index contributed by atoms with van der Waals surface area (Å²) in [6, 6.07) is 28.8. The summed E-state index contributed by atoms with van der Waals surface area (Å²) in [5.74, 6) is -1.53. The van der Waals surface area contributed by atoms with Gasteiger partial charge >= 0.3 is 5.97 Å². The monoisotopic (exact) mass is 577 g/mol. The molecule has 0 aliphatic heterocycles. The summed E-state index contributed by atoms with van der Waals surface area (Å²) in [5, 5.41) is 13.2. The van der Waals surface area contributed by atoms with Crippen molar-refractivity contribution in [1.29, 1.82) is 0 Å². The first-order chi connectivity index (χ1) is 20.1. The third-order valence-corrected chi connectivity index (χ3v) is 8.48. The van der Waals surface area contributed by atoms with Crippen LogP contribution in [-0.4, -0.2) is 17.0 Å². The summed E-state index contributed by atoms with van der Waals surface area (Å²) in [6.07, 6.45) is 5.98. The Hall–Kier alpha value is -4.15. The number of rotatable bonds is 8. The van der Waals surface area contributed by atoms with Gasteiger partial charge in [0, 0.05) is 10.7 Å². The Balaban J connectivity index is 1.42. The van der Waals surface area contributed by atoms with Gasteiger partial charge < -0.3 is 10.4 Å². The molecule has 0 fully saturated rings. The van der Waals surface area contributed by atoms with Crippen LogP contribution in [0.5, 0.6) is 0 Å². The molecule has 0 bridgehead atoms. The number of halogens is 1. The van der Waals surface area contributed by atoms with Crippen molar-refractivity contribution in [2.75, 3.05) is 5.32 Å². The summed E-state index contributed by atoms with van der Waals surface area (Å²) in [6.45, 7) is 6.63. The second-order valence-corrected chi connectivity index (χ2v) is 12.4. The molecule has 0 spiro atoms. The molecule has 1 aliphatic carbocycles. The fourth-order valence-corrected chi connectivity index (χ4v) is 5.82. The highest BCUT2D eigenvalue weighted by Crippen LogP contribution is 2.38. The molecule has 1 atom stereocenters. The van der Waals surface area contributed by atoms with E-state index >= 15 is 0 Å². The lowest BCUT2D eigenvalue weighted by Crippen LogP contribution is -2.23. The van der Waals surface area contributed by atoms with Crippen LogP contribution in [0, 0.1) is 12.3 Å².